The third-order valence-electron chi connectivity index (χ3n) is 5.03. The van der Waals surface area contributed by atoms with Crippen molar-refractivity contribution in [1.29, 1.82) is 0 Å². The van der Waals surface area contributed by atoms with Gasteiger partial charge in [0.05, 0.1) is 17.9 Å². The Hall–Kier alpha value is -1.84. The van der Waals surface area contributed by atoms with Crippen molar-refractivity contribution in [2.24, 2.45) is 0 Å². The van der Waals surface area contributed by atoms with Crippen molar-refractivity contribution < 1.29 is 4.79 Å². The zero-order valence-corrected chi connectivity index (χ0v) is 15.7. The Morgan fingerprint density at radius 1 is 1.27 bits per heavy atom. The van der Waals surface area contributed by atoms with E-state index in [0.29, 0.717) is 16.9 Å². The number of hydrogen-bond acceptors (Lipinski definition) is 7. The van der Waals surface area contributed by atoms with Crippen molar-refractivity contribution in [2.45, 2.75) is 44.7 Å². The second-order valence-electron chi connectivity index (χ2n) is 7.00. The fourth-order valence-corrected chi connectivity index (χ4v) is 4.27. The van der Waals surface area contributed by atoms with Crippen LogP contribution in [0.15, 0.2) is 11.6 Å². The van der Waals surface area contributed by atoms with E-state index in [-0.39, 0.29) is 5.91 Å². The molecule has 2 aromatic heterocycles. The molecule has 0 aromatic carbocycles. The van der Waals surface area contributed by atoms with Gasteiger partial charge < -0.3 is 5.32 Å². The first-order valence-corrected chi connectivity index (χ1v) is 10.3. The Balaban J connectivity index is 1.33. The van der Waals surface area contributed by atoms with Crippen molar-refractivity contribution >= 4 is 22.4 Å². The maximum Gasteiger partial charge on any atom is 0.279 e. The molecule has 0 radical (unpaired) electrons. The summed E-state index contributed by atoms with van der Waals surface area (Å²) < 4.78 is 1.82. The maximum absolute atomic E-state index is 12.4. The topological polar surface area (TPSA) is 88.0 Å². The van der Waals surface area contributed by atoms with Crippen LogP contribution in [0.2, 0.25) is 0 Å². The van der Waals surface area contributed by atoms with Crippen molar-refractivity contribution in [3.63, 3.8) is 0 Å². The number of nitrogens with zero attached hydrogens (tertiary/aromatic N) is 5. The van der Waals surface area contributed by atoms with E-state index in [1.807, 2.05) is 10.1 Å². The Morgan fingerprint density at radius 3 is 2.88 bits per heavy atom. The number of likely N-dealkylation sites (tertiary alicyclic amines) is 1. The van der Waals surface area contributed by atoms with Gasteiger partial charge in [0.2, 0.25) is 0 Å². The number of thiazole rings is 1. The van der Waals surface area contributed by atoms with Crippen molar-refractivity contribution in [3.05, 3.63) is 23.0 Å². The monoisotopic (exact) mass is 375 g/mol. The molecule has 2 aliphatic heterocycles. The van der Waals surface area contributed by atoms with E-state index < -0.39 is 0 Å². The van der Waals surface area contributed by atoms with Crippen LogP contribution < -0.4 is 10.6 Å². The van der Waals surface area contributed by atoms with Crippen LogP contribution in [0, 0.1) is 0 Å². The lowest BCUT2D eigenvalue weighted by atomic mass is 10.1. The van der Waals surface area contributed by atoms with Crippen LogP contribution in [-0.4, -0.2) is 57.0 Å². The average molecular weight is 376 g/mol. The largest absolute Gasteiger partial charge is 0.317 e. The van der Waals surface area contributed by atoms with Crippen LogP contribution in [0.4, 0.5) is 5.13 Å². The number of amides is 1. The van der Waals surface area contributed by atoms with Gasteiger partial charge in [-0.25, -0.2) is 9.67 Å². The van der Waals surface area contributed by atoms with Crippen molar-refractivity contribution in [1.82, 2.24) is 30.2 Å². The molecule has 0 bridgehead atoms. The summed E-state index contributed by atoms with van der Waals surface area (Å²) in [4.78, 5) is 19.4. The maximum atomic E-state index is 12.4. The number of aromatic nitrogens is 4. The Morgan fingerprint density at radius 2 is 2.08 bits per heavy atom. The molecule has 9 heteroatoms. The molecule has 2 saturated heterocycles. The molecule has 8 nitrogen and oxygen atoms in total. The summed E-state index contributed by atoms with van der Waals surface area (Å²) in [5.41, 5.74) is 1.36. The second-order valence-corrected chi connectivity index (χ2v) is 7.86. The van der Waals surface area contributed by atoms with E-state index in [2.05, 4.69) is 30.8 Å². The molecular weight excluding hydrogens is 350 g/mol. The Bertz CT molecular complexity index is 731. The Kier molecular flexibility index (Phi) is 5.57. The van der Waals surface area contributed by atoms with Gasteiger partial charge in [0, 0.05) is 11.9 Å². The fourth-order valence-electron chi connectivity index (χ4n) is 3.58. The summed E-state index contributed by atoms with van der Waals surface area (Å²) in [6, 6.07) is 0.321. The lowest BCUT2D eigenvalue weighted by Crippen LogP contribution is -2.29. The third kappa shape index (κ3) is 4.28. The summed E-state index contributed by atoms with van der Waals surface area (Å²) in [6.45, 7) is 5.09. The Labute approximate surface area is 157 Å². The average Bonchev–Trinajstić information content (AvgIpc) is 3.33. The molecule has 0 unspecified atom stereocenters. The van der Waals surface area contributed by atoms with E-state index in [1.54, 1.807) is 6.20 Å². The number of anilines is 1. The van der Waals surface area contributed by atoms with E-state index in [9.17, 15) is 4.79 Å². The van der Waals surface area contributed by atoms with Crippen LogP contribution in [0.5, 0.6) is 0 Å². The number of rotatable bonds is 5. The normalized spacial score (nSPS) is 19.5. The SMILES string of the molecule is O=C(Nc1nc(CN2CCCCC2)cs1)c1cn(C2CCNCC2)nn1. The van der Waals surface area contributed by atoms with Gasteiger partial charge in [-0.2, -0.15) is 0 Å². The molecule has 0 spiro atoms. The summed E-state index contributed by atoms with van der Waals surface area (Å²) >= 11 is 1.46. The molecule has 4 rings (SSSR count). The van der Waals surface area contributed by atoms with Gasteiger partial charge in [0.1, 0.15) is 0 Å². The lowest BCUT2D eigenvalue weighted by molar-refractivity contribution is 0.102. The van der Waals surface area contributed by atoms with Crippen LogP contribution in [0.3, 0.4) is 0 Å². The first kappa shape index (κ1) is 17.6. The number of carbonyl (C=O) groups excluding carboxylic acids is 1. The minimum atomic E-state index is -0.246. The lowest BCUT2D eigenvalue weighted by Gasteiger charge is -2.25. The summed E-state index contributed by atoms with van der Waals surface area (Å²) in [5.74, 6) is -0.246. The quantitative estimate of drug-likeness (QED) is 0.830. The minimum absolute atomic E-state index is 0.246. The van der Waals surface area contributed by atoms with Gasteiger partial charge in [-0.1, -0.05) is 11.6 Å². The molecular formula is C17H25N7OS. The number of piperidine rings is 2. The van der Waals surface area contributed by atoms with Gasteiger partial charge in [-0.05, 0) is 51.9 Å². The molecule has 0 aliphatic carbocycles. The zero-order valence-electron chi connectivity index (χ0n) is 14.9. The first-order valence-electron chi connectivity index (χ1n) is 9.38. The van der Waals surface area contributed by atoms with E-state index in [1.165, 1.54) is 30.6 Å². The zero-order chi connectivity index (χ0) is 17.8. The molecule has 2 N–H and O–H groups in total. The first-order chi connectivity index (χ1) is 12.8. The molecule has 2 aromatic rings. The van der Waals surface area contributed by atoms with Crippen LogP contribution >= 0.6 is 11.3 Å². The highest BCUT2D eigenvalue weighted by Gasteiger charge is 2.19. The van der Waals surface area contributed by atoms with E-state index in [4.69, 9.17) is 0 Å². The van der Waals surface area contributed by atoms with Gasteiger partial charge in [0.15, 0.2) is 10.8 Å². The highest BCUT2D eigenvalue weighted by molar-refractivity contribution is 7.13. The van der Waals surface area contributed by atoms with Gasteiger partial charge in [-0.15, -0.1) is 16.4 Å². The van der Waals surface area contributed by atoms with Gasteiger partial charge in [0.25, 0.3) is 5.91 Å². The fraction of sp³-hybridized carbons (Fsp3) is 0.647. The molecule has 140 valence electrons. The van der Waals surface area contributed by atoms with E-state index >= 15 is 0 Å². The molecule has 26 heavy (non-hydrogen) atoms. The summed E-state index contributed by atoms with van der Waals surface area (Å²) in [5, 5.41) is 17.0. The van der Waals surface area contributed by atoms with E-state index in [0.717, 1.165) is 51.3 Å². The van der Waals surface area contributed by atoms with Crippen molar-refractivity contribution in [3.8, 4) is 0 Å². The van der Waals surface area contributed by atoms with Gasteiger partial charge >= 0.3 is 0 Å². The minimum Gasteiger partial charge on any atom is -0.317 e. The summed E-state index contributed by atoms with van der Waals surface area (Å²) in [7, 11) is 0. The number of carbonyl (C=O) groups is 1. The molecule has 2 fully saturated rings. The summed E-state index contributed by atoms with van der Waals surface area (Å²) in [6.07, 6.45) is 7.62. The predicted octanol–water partition coefficient (Wildman–Crippen LogP) is 1.90. The molecule has 1 amide bonds. The number of hydrogen-bond donors (Lipinski definition) is 2. The highest BCUT2D eigenvalue weighted by atomic mass is 32.1. The molecule has 0 saturated carbocycles. The smallest absolute Gasteiger partial charge is 0.279 e. The molecule has 0 atom stereocenters. The predicted molar refractivity (Wildman–Crippen MR) is 100 cm³/mol. The van der Waals surface area contributed by atoms with Crippen LogP contribution in [0.1, 0.15) is 54.3 Å². The molecule has 4 heterocycles. The van der Waals surface area contributed by atoms with Crippen LogP contribution in [-0.2, 0) is 6.54 Å². The van der Waals surface area contributed by atoms with Gasteiger partial charge in [-0.3, -0.25) is 15.0 Å². The van der Waals surface area contributed by atoms with Crippen LogP contribution in [0.25, 0.3) is 0 Å². The highest BCUT2D eigenvalue weighted by Crippen LogP contribution is 2.20. The number of nitrogens with one attached hydrogen (secondary N) is 2. The van der Waals surface area contributed by atoms with Crippen molar-refractivity contribution in [2.75, 3.05) is 31.5 Å². The second kappa shape index (κ2) is 8.24. The third-order valence-corrected chi connectivity index (χ3v) is 5.84. The molecule has 2 aliphatic rings. The standard InChI is InChI=1S/C17H25N7OS/c25-16(15-11-24(22-21-15)14-4-6-18-7-5-14)20-17-19-13(12-26-17)10-23-8-2-1-3-9-23/h11-12,14,18H,1-10H2,(H,19,20,25).